The van der Waals surface area contributed by atoms with Gasteiger partial charge in [-0.3, -0.25) is 4.79 Å². The maximum absolute atomic E-state index is 13.5. The second-order valence-electron chi connectivity index (χ2n) is 11.3. The Morgan fingerprint density at radius 3 is 2.32 bits per heavy atom. The van der Waals surface area contributed by atoms with Crippen molar-refractivity contribution in [2.24, 2.45) is 5.92 Å². The van der Waals surface area contributed by atoms with Crippen molar-refractivity contribution in [1.29, 1.82) is 0 Å². The van der Waals surface area contributed by atoms with Crippen LogP contribution in [0.15, 0.2) is 30.5 Å². The summed E-state index contributed by atoms with van der Waals surface area (Å²) in [6.07, 6.45) is 4.76. The average molecular weight is 510 g/mol. The Morgan fingerprint density at radius 2 is 1.73 bits per heavy atom. The van der Waals surface area contributed by atoms with E-state index in [0.717, 1.165) is 48.2 Å². The quantitative estimate of drug-likeness (QED) is 0.463. The van der Waals surface area contributed by atoms with Gasteiger partial charge >= 0.3 is 13.2 Å². The number of amides is 2. The lowest BCUT2D eigenvalue weighted by Crippen LogP contribution is -2.53. The van der Waals surface area contributed by atoms with Crippen LogP contribution in [-0.4, -0.2) is 58.4 Å². The number of hydrazine groups is 1. The van der Waals surface area contributed by atoms with Crippen LogP contribution in [0.4, 0.5) is 4.79 Å². The number of aromatic amines is 1. The van der Waals surface area contributed by atoms with Gasteiger partial charge in [0.15, 0.2) is 0 Å². The van der Waals surface area contributed by atoms with E-state index in [1.54, 1.807) is 0 Å². The van der Waals surface area contributed by atoms with E-state index < -0.39 is 13.2 Å². The van der Waals surface area contributed by atoms with Crippen LogP contribution in [0, 0.1) is 5.92 Å². The molecule has 4 rings (SSSR count). The van der Waals surface area contributed by atoms with Crippen LogP contribution in [0.2, 0.25) is 0 Å². The van der Waals surface area contributed by atoms with Crippen LogP contribution in [0.5, 0.6) is 0 Å². The van der Waals surface area contributed by atoms with Crippen molar-refractivity contribution in [1.82, 2.24) is 20.4 Å². The largest absolute Gasteiger partial charge is 0.494 e. The van der Waals surface area contributed by atoms with Gasteiger partial charge in [-0.2, -0.15) is 0 Å². The van der Waals surface area contributed by atoms with Crippen molar-refractivity contribution in [2.75, 3.05) is 7.11 Å². The molecule has 9 nitrogen and oxygen atoms in total. The molecule has 0 bridgehead atoms. The number of H-pyrrole nitrogens is 1. The molecule has 200 valence electrons. The predicted octanol–water partition coefficient (Wildman–Crippen LogP) is 4.16. The highest BCUT2D eigenvalue weighted by Gasteiger charge is 2.51. The zero-order valence-corrected chi connectivity index (χ0v) is 23.0. The molecule has 1 aliphatic heterocycles. The van der Waals surface area contributed by atoms with Crippen LogP contribution >= 0.6 is 0 Å². The summed E-state index contributed by atoms with van der Waals surface area (Å²) < 4.78 is 17.1. The summed E-state index contributed by atoms with van der Waals surface area (Å²) in [7, 11) is 0.876. The maximum atomic E-state index is 13.5. The molecule has 37 heavy (non-hydrogen) atoms. The Hall–Kier alpha value is -2.85. The first kappa shape index (κ1) is 27.2. The number of nitrogens with zero attached hydrogens (tertiary/aromatic N) is 2. The molecule has 2 fully saturated rings. The van der Waals surface area contributed by atoms with E-state index in [4.69, 9.17) is 14.0 Å². The van der Waals surface area contributed by atoms with E-state index in [9.17, 15) is 9.59 Å². The number of hydrogen-bond donors (Lipinski definition) is 2. The van der Waals surface area contributed by atoms with Crippen molar-refractivity contribution >= 4 is 24.6 Å². The zero-order chi connectivity index (χ0) is 27.0. The van der Waals surface area contributed by atoms with E-state index in [2.05, 4.69) is 15.4 Å². The summed E-state index contributed by atoms with van der Waals surface area (Å²) in [5.74, 6) is 0.345. The van der Waals surface area contributed by atoms with Crippen LogP contribution in [-0.2, 0) is 18.8 Å². The van der Waals surface area contributed by atoms with E-state index in [0.29, 0.717) is 0 Å². The fraction of sp³-hybridized carbons (Fsp3) is 0.593. The van der Waals surface area contributed by atoms with Crippen LogP contribution in [0.3, 0.4) is 0 Å². The molecule has 1 aliphatic carbocycles. The lowest BCUT2D eigenvalue weighted by atomic mass is 9.78. The van der Waals surface area contributed by atoms with Crippen molar-refractivity contribution in [2.45, 2.75) is 90.4 Å². The number of imidazole rings is 1. The van der Waals surface area contributed by atoms with E-state index in [-0.39, 0.29) is 35.0 Å². The van der Waals surface area contributed by atoms with Gasteiger partial charge in [0.25, 0.3) is 0 Å². The minimum atomic E-state index is -0.654. The van der Waals surface area contributed by atoms with Crippen molar-refractivity contribution in [3.63, 3.8) is 0 Å². The molecule has 2 aromatic rings. The Labute approximate surface area is 219 Å². The fourth-order valence-corrected chi connectivity index (χ4v) is 4.99. The molecule has 2 amide bonds. The standard InChI is InChI=1S/C27H39BN4O5/c1-17(2)32(31-25(34)35-7)24(33)21-11-9-8-10-20(21)23-29-16-22(30-23)18-12-14-19(15-13-18)28-36-26(3,4)27(5,6)37-28/h12-17,20-21H,8-11H2,1-7H3,(H,29,30)(H,31,34). The average Bonchev–Trinajstić information content (AvgIpc) is 3.44. The first-order valence-corrected chi connectivity index (χ1v) is 13.1. The minimum absolute atomic E-state index is 0.0558. The number of benzene rings is 1. The van der Waals surface area contributed by atoms with Gasteiger partial charge in [-0.25, -0.2) is 20.2 Å². The summed E-state index contributed by atoms with van der Waals surface area (Å²) in [4.78, 5) is 33.5. The molecule has 2 N–H and O–H groups in total. The van der Waals surface area contributed by atoms with Crippen LogP contribution in [0.25, 0.3) is 11.3 Å². The number of rotatable bonds is 5. The Kier molecular flexibility index (Phi) is 7.71. The van der Waals surface area contributed by atoms with Crippen molar-refractivity contribution in [3.8, 4) is 11.3 Å². The van der Waals surface area contributed by atoms with E-state index >= 15 is 0 Å². The third-order valence-corrected chi connectivity index (χ3v) is 7.93. The third-order valence-electron chi connectivity index (χ3n) is 7.93. The second kappa shape index (κ2) is 10.5. The number of nitrogens with one attached hydrogen (secondary N) is 2. The molecular weight excluding hydrogens is 471 g/mol. The molecule has 1 aromatic heterocycles. The second-order valence-corrected chi connectivity index (χ2v) is 11.3. The van der Waals surface area contributed by atoms with Crippen molar-refractivity contribution < 1.29 is 23.6 Å². The molecule has 2 aliphatic rings. The maximum Gasteiger partial charge on any atom is 0.494 e. The minimum Gasteiger partial charge on any atom is -0.452 e. The normalized spacial score (nSPS) is 22.6. The summed E-state index contributed by atoms with van der Waals surface area (Å²) in [6.45, 7) is 11.9. The Morgan fingerprint density at radius 1 is 1.11 bits per heavy atom. The molecule has 0 spiro atoms. The summed E-state index contributed by atoms with van der Waals surface area (Å²) in [5.41, 5.74) is 4.65. The highest BCUT2D eigenvalue weighted by Crippen LogP contribution is 2.39. The molecule has 10 heteroatoms. The van der Waals surface area contributed by atoms with Gasteiger partial charge < -0.3 is 19.0 Å². The molecule has 2 unspecified atom stereocenters. The van der Waals surface area contributed by atoms with Crippen LogP contribution < -0.4 is 10.9 Å². The third kappa shape index (κ3) is 5.55. The Bertz CT molecular complexity index is 1100. The summed E-state index contributed by atoms with van der Waals surface area (Å²) in [6, 6.07) is 7.89. The Balaban J connectivity index is 1.51. The predicted molar refractivity (Wildman–Crippen MR) is 142 cm³/mol. The van der Waals surface area contributed by atoms with Gasteiger partial charge in [-0.1, -0.05) is 37.1 Å². The van der Waals surface area contributed by atoms with Gasteiger partial charge in [0.2, 0.25) is 5.91 Å². The number of ether oxygens (including phenoxy) is 1. The molecule has 1 aromatic carbocycles. The molecule has 1 saturated carbocycles. The number of carbonyl (C=O) groups excluding carboxylic acids is 2. The van der Waals surface area contributed by atoms with Gasteiger partial charge in [0, 0.05) is 17.9 Å². The van der Waals surface area contributed by atoms with E-state index in [1.807, 2.05) is 72.0 Å². The van der Waals surface area contributed by atoms with Crippen molar-refractivity contribution in [3.05, 3.63) is 36.3 Å². The number of carbonyl (C=O) groups is 2. The molecule has 2 heterocycles. The molecule has 2 atom stereocenters. The monoisotopic (exact) mass is 510 g/mol. The van der Waals surface area contributed by atoms with Gasteiger partial charge in [0.05, 0.1) is 30.2 Å². The first-order valence-electron chi connectivity index (χ1n) is 13.1. The SMILES string of the molecule is COC(=O)NN(C(=O)C1CCCCC1c1ncc(-c2ccc(B3OC(C)(C)C(C)(C)O3)cc2)[nH]1)C(C)C. The highest BCUT2D eigenvalue weighted by molar-refractivity contribution is 6.62. The van der Waals surface area contributed by atoms with Gasteiger partial charge in [0.1, 0.15) is 5.82 Å². The fourth-order valence-electron chi connectivity index (χ4n) is 4.99. The smallest absolute Gasteiger partial charge is 0.452 e. The highest BCUT2D eigenvalue weighted by atomic mass is 16.7. The van der Waals surface area contributed by atoms with Gasteiger partial charge in [-0.15, -0.1) is 0 Å². The molecular formula is C27H39BN4O5. The van der Waals surface area contributed by atoms with E-state index in [1.165, 1.54) is 12.1 Å². The molecule has 0 radical (unpaired) electrons. The number of hydrogen-bond acceptors (Lipinski definition) is 6. The lowest BCUT2D eigenvalue weighted by molar-refractivity contribution is -0.142. The summed E-state index contributed by atoms with van der Waals surface area (Å²) >= 11 is 0. The number of aromatic nitrogens is 2. The first-order chi connectivity index (χ1) is 17.4. The zero-order valence-electron chi connectivity index (χ0n) is 23.0. The number of methoxy groups -OCH3 is 1. The lowest BCUT2D eigenvalue weighted by Gasteiger charge is -2.35. The van der Waals surface area contributed by atoms with Crippen LogP contribution in [0.1, 0.15) is 79.0 Å². The van der Waals surface area contributed by atoms with Gasteiger partial charge in [-0.05, 0) is 65.4 Å². The topological polar surface area (TPSA) is 106 Å². The summed E-state index contributed by atoms with van der Waals surface area (Å²) in [5, 5.41) is 1.38. The molecule has 1 saturated heterocycles.